The summed E-state index contributed by atoms with van der Waals surface area (Å²) in [6.07, 6.45) is 0. The predicted molar refractivity (Wildman–Crippen MR) is 0 cm³/mol. The van der Waals surface area contributed by atoms with Gasteiger partial charge in [0.05, 0.1) is 0 Å². The van der Waals surface area contributed by atoms with Crippen molar-refractivity contribution in [2.75, 3.05) is 0 Å². The van der Waals surface area contributed by atoms with Crippen LogP contribution < -0.4 is 0 Å². The van der Waals surface area contributed by atoms with E-state index in [-0.39, 0.29) is 84.6 Å². The maximum atomic E-state index is 0. The van der Waals surface area contributed by atoms with Crippen LogP contribution in [-0.2, 0) is 84.6 Å². The van der Waals surface area contributed by atoms with Gasteiger partial charge in [-0.25, -0.2) is 0 Å². The zero-order valence-electron chi connectivity index (χ0n) is 1.62. The Labute approximate surface area is 83.3 Å². The van der Waals surface area contributed by atoms with E-state index in [1.54, 1.807) is 0 Å². The van der Waals surface area contributed by atoms with E-state index >= 15 is 0 Å². The first-order chi connectivity index (χ1) is 0. The maximum Gasteiger partial charge on any atom is 0 e. The van der Waals surface area contributed by atoms with Crippen molar-refractivity contribution in [3.63, 3.8) is 0 Å². The van der Waals surface area contributed by atoms with Crippen LogP contribution in [0.25, 0.3) is 0 Å². The Morgan fingerprint density at radius 2 is 1.00 bits per heavy atom. The summed E-state index contributed by atoms with van der Waals surface area (Å²) in [6.45, 7) is 0. The van der Waals surface area contributed by atoms with Crippen molar-refractivity contribution in [1.82, 2.24) is 0 Å². The average Bonchev–Trinajstić information content (AvgIpc) is 0. The Hall–Kier alpha value is 2.77. The van der Waals surface area contributed by atoms with Crippen molar-refractivity contribution in [3.05, 3.63) is 0 Å². The monoisotopic (exact) mass is 526 g/mol. The van der Waals surface area contributed by atoms with Crippen LogP contribution in [0.5, 0.6) is 0 Å². The summed E-state index contributed by atoms with van der Waals surface area (Å²) in [4.78, 5) is 0. The number of rotatable bonds is 0. The molecule has 0 bridgehead atoms. The van der Waals surface area contributed by atoms with Gasteiger partial charge in [0, 0.05) is 84.6 Å². The second-order valence-corrected chi connectivity index (χ2v) is 0. The zero-order valence-corrected chi connectivity index (χ0v) is 10.4. The quantitative estimate of drug-likeness (QED) is 0.391. The fourth-order valence-corrected chi connectivity index (χ4v) is 0. The molecule has 0 saturated carbocycles. The first-order valence-electron chi connectivity index (χ1n) is 0. The van der Waals surface area contributed by atoms with Gasteiger partial charge in [-0.05, 0) is 0 Å². The molecule has 0 aliphatic heterocycles. The number of hydrogen-bond acceptors (Lipinski definition) is 0. The molecule has 4 heteroatoms. The van der Waals surface area contributed by atoms with Gasteiger partial charge >= 0.3 is 0 Å². The fraction of sp³-hybridized carbons (Fsp3) is 0. The van der Waals surface area contributed by atoms with Gasteiger partial charge in [-0.3, -0.25) is 0 Å². The number of hydrogen-bond donors (Lipinski definition) is 0. The largest absolute Gasteiger partial charge is 0 e. The van der Waals surface area contributed by atoms with Crippen molar-refractivity contribution in [3.8, 4) is 0 Å². The standard InChI is InChI=1S/Pt.Ru.Ta.Ti. The van der Waals surface area contributed by atoms with Gasteiger partial charge in [0.25, 0.3) is 0 Å². The SMILES string of the molecule is [Pt].[Ru].[Ta].[Ti]. The van der Waals surface area contributed by atoms with Crippen molar-refractivity contribution < 1.29 is 84.6 Å². The molecule has 0 N–H and O–H groups in total. The van der Waals surface area contributed by atoms with E-state index in [2.05, 4.69) is 0 Å². The van der Waals surface area contributed by atoms with Crippen LogP contribution >= 0.6 is 0 Å². The van der Waals surface area contributed by atoms with Crippen LogP contribution in [0.15, 0.2) is 0 Å². The van der Waals surface area contributed by atoms with Gasteiger partial charge in [0.2, 0.25) is 0 Å². The zero-order chi connectivity index (χ0) is 0. The minimum Gasteiger partial charge on any atom is 0 e. The Morgan fingerprint density at radius 1 is 1.00 bits per heavy atom. The molecule has 0 saturated heterocycles. The third kappa shape index (κ3) is 8.84. The van der Waals surface area contributed by atoms with Crippen LogP contribution in [0.4, 0.5) is 0 Å². The normalized spacial score (nSPS) is 0. The van der Waals surface area contributed by atoms with Crippen LogP contribution in [0.3, 0.4) is 0 Å². The molecule has 1 radical (unpaired) electrons. The summed E-state index contributed by atoms with van der Waals surface area (Å²) in [5.74, 6) is 0. The molecular weight excluding hydrogens is 525 g/mol. The predicted octanol–water partition coefficient (Wildman–Crippen LogP) is -0.0100. The molecule has 0 rings (SSSR count). The third-order valence-electron chi connectivity index (χ3n) is 0. The van der Waals surface area contributed by atoms with Gasteiger partial charge in [-0.1, -0.05) is 0 Å². The summed E-state index contributed by atoms with van der Waals surface area (Å²) >= 11 is 0. The summed E-state index contributed by atoms with van der Waals surface area (Å²) in [7, 11) is 0. The Morgan fingerprint density at radius 3 is 1.00 bits per heavy atom. The summed E-state index contributed by atoms with van der Waals surface area (Å²) < 4.78 is 0. The second-order valence-electron chi connectivity index (χ2n) is 0. The average molecular weight is 525 g/mol. The van der Waals surface area contributed by atoms with Crippen molar-refractivity contribution >= 4 is 0 Å². The van der Waals surface area contributed by atoms with Gasteiger partial charge < -0.3 is 0 Å². The summed E-state index contributed by atoms with van der Waals surface area (Å²) in [5, 5.41) is 0. The Kier molecular flexibility index (Phi) is 126. The second kappa shape index (κ2) is 17.1. The first-order valence-corrected chi connectivity index (χ1v) is 0. The molecule has 4 heavy (non-hydrogen) atoms. The Bertz CT molecular complexity index is 8.00. The molecule has 0 aromatic rings. The van der Waals surface area contributed by atoms with Crippen LogP contribution in [0, 0.1) is 0 Å². The molecule has 0 unspecified atom stereocenters. The van der Waals surface area contributed by atoms with E-state index in [0.717, 1.165) is 0 Å². The summed E-state index contributed by atoms with van der Waals surface area (Å²) in [6, 6.07) is 0. The molecule has 0 fully saturated rings. The Balaban J connectivity index is 0. The smallest absolute Gasteiger partial charge is 0 e. The molecule has 27 valence electrons. The first kappa shape index (κ1) is 29.4. The van der Waals surface area contributed by atoms with E-state index in [9.17, 15) is 0 Å². The van der Waals surface area contributed by atoms with Crippen LogP contribution in [0.1, 0.15) is 0 Å². The van der Waals surface area contributed by atoms with Crippen LogP contribution in [-0.4, -0.2) is 0 Å². The fourth-order valence-electron chi connectivity index (χ4n) is 0. The molecule has 0 atom stereocenters. The van der Waals surface area contributed by atoms with Crippen LogP contribution in [0.2, 0.25) is 0 Å². The molecule has 0 aliphatic rings. The molecule has 0 amide bonds. The molecule has 0 spiro atoms. The minimum atomic E-state index is 0. The van der Waals surface area contributed by atoms with Gasteiger partial charge in [-0.2, -0.15) is 0 Å². The molecule has 0 aromatic heterocycles. The van der Waals surface area contributed by atoms with E-state index in [1.807, 2.05) is 0 Å². The molecular formula is PtRuTaTi. The topological polar surface area (TPSA) is 0 Å². The minimum absolute atomic E-state index is 0. The summed E-state index contributed by atoms with van der Waals surface area (Å²) in [5.41, 5.74) is 0. The molecule has 0 aromatic carbocycles. The van der Waals surface area contributed by atoms with E-state index in [1.165, 1.54) is 0 Å². The molecule has 0 nitrogen and oxygen atoms in total. The van der Waals surface area contributed by atoms with E-state index in [4.69, 9.17) is 0 Å². The van der Waals surface area contributed by atoms with Gasteiger partial charge in [-0.15, -0.1) is 0 Å². The molecule has 0 heterocycles. The van der Waals surface area contributed by atoms with E-state index in [0.29, 0.717) is 0 Å². The van der Waals surface area contributed by atoms with E-state index < -0.39 is 0 Å². The van der Waals surface area contributed by atoms with Crippen molar-refractivity contribution in [2.45, 2.75) is 0 Å². The van der Waals surface area contributed by atoms with Gasteiger partial charge in [0.1, 0.15) is 0 Å². The third-order valence-corrected chi connectivity index (χ3v) is 0. The van der Waals surface area contributed by atoms with Gasteiger partial charge in [0.15, 0.2) is 0 Å². The maximum absolute atomic E-state index is 0. The van der Waals surface area contributed by atoms with Crippen molar-refractivity contribution in [2.24, 2.45) is 0 Å². The molecule has 0 aliphatic carbocycles. The van der Waals surface area contributed by atoms with Crippen molar-refractivity contribution in [1.29, 1.82) is 0 Å².